The van der Waals surface area contributed by atoms with Gasteiger partial charge in [0.1, 0.15) is 23.6 Å². The molecule has 5 rings (SSSR count). The summed E-state index contributed by atoms with van der Waals surface area (Å²) < 4.78 is 7.17. The van der Waals surface area contributed by atoms with Crippen molar-refractivity contribution >= 4 is 28.4 Å². The molecule has 1 aromatic carbocycles. The van der Waals surface area contributed by atoms with Crippen molar-refractivity contribution in [2.24, 2.45) is 0 Å². The summed E-state index contributed by atoms with van der Waals surface area (Å²) in [5.41, 5.74) is 10.1. The van der Waals surface area contributed by atoms with Gasteiger partial charge in [0.05, 0.1) is 17.7 Å². The molecule has 0 bridgehead atoms. The molecule has 4 aromatic heterocycles. The Morgan fingerprint density at radius 1 is 1.00 bits per heavy atom. The van der Waals surface area contributed by atoms with Gasteiger partial charge in [-0.05, 0) is 36.4 Å². The predicted molar refractivity (Wildman–Crippen MR) is 132 cm³/mol. The fraction of sp³-hybridized carbons (Fsp3) is 0.208. The van der Waals surface area contributed by atoms with E-state index in [-0.39, 0.29) is 5.41 Å². The number of benzene rings is 1. The van der Waals surface area contributed by atoms with Crippen LogP contribution in [0.3, 0.4) is 0 Å². The number of pyridine rings is 1. The van der Waals surface area contributed by atoms with Gasteiger partial charge in [0.25, 0.3) is 0 Å². The highest BCUT2D eigenvalue weighted by atomic mass is 16.5. The summed E-state index contributed by atoms with van der Waals surface area (Å²) in [7, 11) is 0. The molecule has 0 aliphatic rings. The van der Waals surface area contributed by atoms with E-state index in [1.165, 1.54) is 6.33 Å². The third-order valence-electron chi connectivity index (χ3n) is 5.37. The number of anilines is 3. The Hall–Kier alpha value is -4.47. The summed E-state index contributed by atoms with van der Waals surface area (Å²) in [5.74, 6) is 1.91. The lowest BCUT2D eigenvalue weighted by Gasteiger charge is -2.12. The molecule has 0 fully saturated rings. The van der Waals surface area contributed by atoms with Crippen molar-refractivity contribution in [2.45, 2.75) is 26.2 Å². The van der Waals surface area contributed by atoms with Gasteiger partial charge in [0.2, 0.25) is 0 Å². The Labute approximate surface area is 196 Å². The maximum absolute atomic E-state index is 6.19. The molecule has 4 heterocycles. The second-order valence-electron chi connectivity index (χ2n) is 8.86. The number of hydrogen-bond acceptors (Lipinski definition) is 9. The van der Waals surface area contributed by atoms with Crippen molar-refractivity contribution in [3.05, 3.63) is 66.9 Å². The summed E-state index contributed by atoms with van der Waals surface area (Å²) in [4.78, 5) is 12.7. The van der Waals surface area contributed by atoms with Crippen LogP contribution in [0.25, 0.3) is 28.0 Å². The molecule has 0 aliphatic carbocycles. The molecule has 5 aromatic rings. The van der Waals surface area contributed by atoms with E-state index in [0.29, 0.717) is 35.0 Å². The molecule has 0 spiro atoms. The Morgan fingerprint density at radius 2 is 1.76 bits per heavy atom. The standard InChI is InChI=1S/C24H25N9O/c1-24(2,3)18-12-19(32-34-18)28-13-27-16-4-6-17(7-5-16)33-23-20(22(25)29-14-30-23)21(31-33)15-8-10-26-11-9-15/h4-12,14,27H,13H2,1-3H3,(H,28,32)(H2,25,29,30). The maximum Gasteiger partial charge on any atom is 0.171 e. The van der Waals surface area contributed by atoms with Crippen molar-refractivity contribution < 1.29 is 4.52 Å². The molecule has 0 saturated carbocycles. The fourth-order valence-electron chi connectivity index (χ4n) is 3.54. The monoisotopic (exact) mass is 455 g/mol. The lowest BCUT2D eigenvalue weighted by molar-refractivity contribution is 0.330. The van der Waals surface area contributed by atoms with Crippen LogP contribution in [0.4, 0.5) is 17.3 Å². The predicted octanol–water partition coefficient (Wildman–Crippen LogP) is 4.23. The topological polar surface area (TPSA) is 133 Å². The molecule has 34 heavy (non-hydrogen) atoms. The summed E-state index contributed by atoms with van der Waals surface area (Å²) >= 11 is 0. The highest BCUT2D eigenvalue weighted by Crippen LogP contribution is 2.31. The lowest BCUT2D eigenvalue weighted by Crippen LogP contribution is -2.12. The van der Waals surface area contributed by atoms with Crippen LogP contribution in [-0.2, 0) is 5.41 Å². The van der Waals surface area contributed by atoms with Crippen molar-refractivity contribution in [3.63, 3.8) is 0 Å². The minimum Gasteiger partial charge on any atom is -0.383 e. The molecular formula is C24H25N9O. The number of aromatic nitrogens is 6. The first kappa shape index (κ1) is 21.4. The average molecular weight is 456 g/mol. The summed E-state index contributed by atoms with van der Waals surface area (Å²) in [6.07, 6.45) is 4.89. The van der Waals surface area contributed by atoms with Crippen LogP contribution in [0, 0.1) is 0 Å². The van der Waals surface area contributed by atoms with Crippen LogP contribution in [0.1, 0.15) is 26.5 Å². The molecule has 10 heteroatoms. The smallest absolute Gasteiger partial charge is 0.171 e. The molecule has 0 amide bonds. The van der Waals surface area contributed by atoms with Gasteiger partial charge in [-0.25, -0.2) is 14.6 Å². The number of rotatable bonds is 6. The highest BCUT2D eigenvalue weighted by Gasteiger charge is 2.20. The maximum atomic E-state index is 6.19. The number of hydrogen-bond donors (Lipinski definition) is 3. The molecule has 0 saturated heterocycles. The van der Waals surface area contributed by atoms with Crippen LogP contribution < -0.4 is 16.4 Å². The first-order valence-electron chi connectivity index (χ1n) is 10.8. The molecule has 4 N–H and O–H groups in total. The number of fused-ring (bicyclic) bond motifs is 1. The Balaban J connectivity index is 1.35. The number of nitrogens with zero attached hydrogens (tertiary/aromatic N) is 6. The van der Waals surface area contributed by atoms with E-state index in [2.05, 4.69) is 51.5 Å². The summed E-state index contributed by atoms with van der Waals surface area (Å²) in [6, 6.07) is 13.6. The van der Waals surface area contributed by atoms with Gasteiger partial charge in [-0.1, -0.05) is 25.9 Å². The second kappa shape index (κ2) is 8.47. The third kappa shape index (κ3) is 4.13. The largest absolute Gasteiger partial charge is 0.383 e. The van der Waals surface area contributed by atoms with E-state index in [9.17, 15) is 0 Å². The molecule has 0 unspecified atom stereocenters. The quantitative estimate of drug-likeness (QED) is 0.322. The highest BCUT2D eigenvalue weighted by molar-refractivity contribution is 5.98. The van der Waals surface area contributed by atoms with Crippen LogP contribution in [0.15, 0.2) is 65.7 Å². The van der Waals surface area contributed by atoms with Crippen molar-refractivity contribution in [2.75, 3.05) is 23.0 Å². The second-order valence-corrected chi connectivity index (χ2v) is 8.86. The zero-order chi connectivity index (χ0) is 23.7. The van der Waals surface area contributed by atoms with Gasteiger partial charge < -0.3 is 20.9 Å². The Bertz CT molecular complexity index is 1420. The van der Waals surface area contributed by atoms with Crippen LogP contribution in [-0.4, -0.2) is 36.6 Å². The van der Waals surface area contributed by atoms with Gasteiger partial charge in [-0.15, -0.1) is 0 Å². The van der Waals surface area contributed by atoms with Crippen LogP contribution >= 0.6 is 0 Å². The van der Waals surface area contributed by atoms with Crippen LogP contribution in [0.5, 0.6) is 0 Å². The zero-order valence-corrected chi connectivity index (χ0v) is 19.1. The third-order valence-corrected chi connectivity index (χ3v) is 5.37. The number of nitrogen functional groups attached to an aromatic ring is 1. The first-order chi connectivity index (χ1) is 16.4. The van der Waals surface area contributed by atoms with E-state index in [0.717, 1.165) is 22.7 Å². The van der Waals surface area contributed by atoms with Gasteiger partial charge in [-0.2, -0.15) is 5.10 Å². The van der Waals surface area contributed by atoms with E-state index < -0.39 is 0 Å². The number of nitrogens with one attached hydrogen (secondary N) is 2. The van der Waals surface area contributed by atoms with Gasteiger partial charge in [0, 0.05) is 35.1 Å². The minimum absolute atomic E-state index is 0.0836. The number of nitrogens with two attached hydrogens (primary N) is 1. The molecule has 0 atom stereocenters. The molecule has 10 nitrogen and oxygen atoms in total. The first-order valence-corrected chi connectivity index (χ1v) is 10.8. The lowest BCUT2D eigenvalue weighted by atomic mass is 9.93. The molecule has 172 valence electrons. The van der Waals surface area contributed by atoms with Crippen molar-refractivity contribution in [1.82, 2.24) is 29.9 Å². The Kier molecular flexibility index (Phi) is 5.33. The van der Waals surface area contributed by atoms with E-state index >= 15 is 0 Å². The van der Waals surface area contributed by atoms with Gasteiger partial charge in [0.15, 0.2) is 11.5 Å². The zero-order valence-electron chi connectivity index (χ0n) is 19.1. The normalized spacial score (nSPS) is 11.6. The molecular weight excluding hydrogens is 430 g/mol. The van der Waals surface area contributed by atoms with E-state index in [4.69, 9.17) is 15.4 Å². The SMILES string of the molecule is CC(C)(C)c1cc(NCNc2ccc(-n3nc(-c4ccncc4)c4c(N)ncnc43)cc2)no1. The summed E-state index contributed by atoms with van der Waals surface area (Å²) in [6.45, 7) is 6.75. The van der Waals surface area contributed by atoms with E-state index in [1.807, 2.05) is 42.5 Å². The van der Waals surface area contributed by atoms with Crippen molar-refractivity contribution in [1.29, 1.82) is 0 Å². The van der Waals surface area contributed by atoms with Crippen molar-refractivity contribution in [3.8, 4) is 16.9 Å². The Morgan fingerprint density at radius 3 is 2.47 bits per heavy atom. The van der Waals surface area contributed by atoms with Gasteiger partial charge >= 0.3 is 0 Å². The fourth-order valence-corrected chi connectivity index (χ4v) is 3.54. The minimum atomic E-state index is -0.0836. The van der Waals surface area contributed by atoms with E-state index in [1.54, 1.807) is 17.1 Å². The molecule has 0 radical (unpaired) electrons. The van der Waals surface area contributed by atoms with Gasteiger partial charge in [-0.3, -0.25) is 4.98 Å². The summed E-state index contributed by atoms with van der Waals surface area (Å²) in [5, 5.41) is 16.1. The average Bonchev–Trinajstić information content (AvgIpc) is 3.46. The molecule has 0 aliphatic heterocycles. The van der Waals surface area contributed by atoms with Crippen LogP contribution in [0.2, 0.25) is 0 Å².